The summed E-state index contributed by atoms with van der Waals surface area (Å²) in [5.41, 5.74) is 2.50. The van der Waals surface area contributed by atoms with Gasteiger partial charge in [0.05, 0.1) is 13.2 Å². The Bertz CT molecular complexity index is 612. The Morgan fingerprint density at radius 2 is 1.62 bits per heavy atom. The highest BCUT2D eigenvalue weighted by atomic mass is 35.5. The molecule has 0 aliphatic heterocycles. The molecule has 0 radical (unpaired) electrons. The predicted octanol–water partition coefficient (Wildman–Crippen LogP) is 4.73. The lowest BCUT2D eigenvalue weighted by molar-refractivity contribution is 0.200. The highest BCUT2D eigenvalue weighted by Crippen LogP contribution is 2.32. The minimum Gasteiger partial charge on any atom is -0.493 e. The Balaban J connectivity index is 0.00000208. The number of methoxy groups -OCH3 is 1. The van der Waals surface area contributed by atoms with Gasteiger partial charge in [0, 0.05) is 13.1 Å². The first-order chi connectivity index (χ1) is 11.3. The highest BCUT2D eigenvalue weighted by molar-refractivity contribution is 5.85. The van der Waals surface area contributed by atoms with E-state index in [1.807, 2.05) is 12.1 Å². The molecule has 0 saturated heterocycles. The molecule has 3 rings (SSSR count). The molecule has 1 fully saturated rings. The third-order valence-electron chi connectivity index (χ3n) is 4.32. The van der Waals surface area contributed by atoms with Gasteiger partial charge in [0.25, 0.3) is 0 Å². The number of nitrogens with one attached hydrogen (secondary N) is 1. The van der Waals surface area contributed by atoms with Crippen LogP contribution in [0.2, 0.25) is 0 Å². The Morgan fingerprint density at radius 3 is 2.33 bits per heavy atom. The quantitative estimate of drug-likeness (QED) is 0.785. The molecule has 1 N–H and O–H groups in total. The summed E-state index contributed by atoms with van der Waals surface area (Å²) in [6, 6.07) is 16.7. The summed E-state index contributed by atoms with van der Waals surface area (Å²) < 4.78 is 11.6. The molecule has 1 saturated carbocycles. The minimum atomic E-state index is 0. The highest BCUT2D eigenvalue weighted by Gasteiger charge is 2.18. The lowest BCUT2D eigenvalue weighted by atomic mass is 10.2. The van der Waals surface area contributed by atoms with Gasteiger partial charge >= 0.3 is 0 Å². The lowest BCUT2D eigenvalue weighted by Gasteiger charge is -2.16. The van der Waals surface area contributed by atoms with Crippen LogP contribution in [0.25, 0.3) is 0 Å². The van der Waals surface area contributed by atoms with E-state index >= 15 is 0 Å². The number of halogens is 1. The molecule has 3 nitrogen and oxygen atoms in total. The topological polar surface area (TPSA) is 30.5 Å². The van der Waals surface area contributed by atoms with Gasteiger partial charge in [-0.3, -0.25) is 0 Å². The van der Waals surface area contributed by atoms with Crippen molar-refractivity contribution >= 4 is 12.4 Å². The molecule has 0 heterocycles. The summed E-state index contributed by atoms with van der Waals surface area (Å²) in [4.78, 5) is 0. The molecule has 1 aliphatic rings. The first-order valence-electron chi connectivity index (χ1n) is 8.43. The van der Waals surface area contributed by atoms with Crippen molar-refractivity contribution in [3.8, 4) is 11.5 Å². The van der Waals surface area contributed by atoms with Crippen molar-refractivity contribution in [3.63, 3.8) is 0 Å². The molecule has 4 heteroatoms. The van der Waals surface area contributed by atoms with Gasteiger partial charge in [0.2, 0.25) is 0 Å². The minimum absolute atomic E-state index is 0. The number of ether oxygens (including phenoxy) is 2. The monoisotopic (exact) mass is 347 g/mol. The van der Waals surface area contributed by atoms with E-state index in [0.29, 0.717) is 6.10 Å². The van der Waals surface area contributed by atoms with Crippen molar-refractivity contribution in [3.05, 3.63) is 59.7 Å². The standard InChI is InChI=1S/C20H25NO2.ClH/c1-22-20-13-17(15-21-14-16-7-3-2-4-8-16)11-12-19(20)23-18-9-5-6-10-18;/h2-4,7-8,11-13,18,21H,5-6,9-10,14-15H2,1H3;1H. The summed E-state index contributed by atoms with van der Waals surface area (Å²) in [6.45, 7) is 1.68. The van der Waals surface area contributed by atoms with Crippen LogP contribution in [0.4, 0.5) is 0 Å². The molecule has 0 bridgehead atoms. The molecule has 24 heavy (non-hydrogen) atoms. The Hall–Kier alpha value is -1.71. The number of hydrogen-bond donors (Lipinski definition) is 1. The van der Waals surface area contributed by atoms with Gasteiger partial charge in [-0.1, -0.05) is 36.4 Å². The van der Waals surface area contributed by atoms with Crippen molar-refractivity contribution < 1.29 is 9.47 Å². The maximum Gasteiger partial charge on any atom is 0.161 e. The van der Waals surface area contributed by atoms with Gasteiger partial charge < -0.3 is 14.8 Å². The van der Waals surface area contributed by atoms with E-state index in [2.05, 4.69) is 41.7 Å². The Labute approximate surface area is 150 Å². The normalized spacial score (nSPS) is 14.2. The molecule has 130 valence electrons. The summed E-state index contributed by atoms with van der Waals surface area (Å²) in [6.07, 6.45) is 5.21. The zero-order valence-electron chi connectivity index (χ0n) is 14.2. The van der Waals surface area contributed by atoms with Crippen molar-refractivity contribution in [1.82, 2.24) is 5.32 Å². The molecule has 0 aromatic heterocycles. The molecule has 2 aromatic rings. The zero-order chi connectivity index (χ0) is 15.9. The summed E-state index contributed by atoms with van der Waals surface area (Å²) in [7, 11) is 1.71. The van der Waals surface area contributed by atoms with Crippen LogP contribution in [-0.4, -0.2) is 13.2 Å². The average Bonchev–Trinajstić information content (AvgIpc) is 3.10. The molecular formula is C20H26ClNO2. The van der Waals surface area contributed by atoms with Crippen LogP contribution in [-0.2, 0) is 13.1 Å². The molecule has 0 amide bonds. The molecular weight excluding hydrogens is 322 g/mol. The third kappa shape index (κ3) is 5.15. The van der Waals surface area contributed by atoms with E-state index in [1.165, 1.54) is 24.0 Å². The maximum absolute atomic E-state index is 6.08. The molecule has 2 aromatic carbocycles. The summed E-state index contributed by atoms with van der Waals surface area (Å²) in [5, 5.41) is 3.47. The van der Waals surface area contributed by atoms with E-state index in [9.17, 15) is 0 Å². The van der Waals surface area contributed by atoms with Gasteiger partial charge in [-0.2, -0.15) is 0 Å². The van der Waals surface area contributed by atoms with Gasteiger partial charge in [-0.05, 0) is 48.9 Å². The average molecular weight is 348 g/mol. The smallest absolute Gasteiger partial charge is 0.161 e. The SMILES string of the molecule is COc1cc(CNCc2ccccc2)ccc1OC1CCCC1.Cl. The fraction of sp³-hybridized carbons (Fsp3) is 0.400. The van der Waals surface area contributed by atoms with E-state index in [-0.39, 0.29) is 12.4 Å². The van der Waals surface area contributed by atoms with Crippen molar-refractivity contribution in [2.24, 2.45) is 0 Å². The van der Waals surface area contributed by atoms with Crippen molar-refractivity contribution in [2.75, 3.05) is 7.11 Å². The lowest BCUT2D eigenvalue weighted by Crippen LogP contribution is -2.14. The van der Waals surface area contributed by atoms with E-state index in [4.69, 9.17) is 9.47 Å². The van der Waals surface area contributed by atoms with Crippen LogP contribution in [0.5, 0.6) is 11.5 Å². The van der Waals surface area contributed by atoms with Gasteiger partial charge in [-0.25, -0.2) is 0 Å². The third-order valence-corrected chi connectivity index (χ3v) is 4.32. The van der Waals surface area contributed by atoms with Crippen LogP contribution in [0.15, 0.2) is 48.5 Å². The van der Waals surface area contributed by atoms with Crippen LogP contribution in [0.1, 0.15) is 36.8 Å². The fourth-order valence-corrected chi connectivity index (χ4v) is 3.05. The van der Waals surface area contributed by atoms with Gasteiger partial charge in [-0.15, -0.1) is 12.4 Å². The summed E-state index contributed by atoms with van der Waals surface area (Å²) >= 11 is 0. The van der Waals surface area contributed by atoms with E-state index < -0.39 is 0 Å². The van der Waals surface area contributed by atoms with Crippen LogP contribution < -0.4 is 14.8 Å². The number of hydrogen-bond acceptors (Lipinski definition) is 3. The second kappa shape index (κ2) is 9.55. The Kier molecular flexibility index (Phi) is 7.41. The first kappa shape index (κ1) is 18.6. The first-order valence-corrected chi connectivity index (χ1v) is 8.43. The van der Waals surface area contributed by atoms with E-state index in [0.717, 1.165) is 37.4 Å². The number of rotatable bonds is 7. The van der Waals surface area contributed by atoms with Gasteiger partial charge in [0.15, 0.2) is 11.5 Å². The van der Waals surface area contributed by atoms with E-state index in [1.54, 1.807) is 7.11 Å². The second-order valence-corrected chi connectivity index (χ2v) is 6.10. The maximum atomic E-state index is 6.08. The second-order valence-electron chi connectivity index (χ2n) is 6.10. The van der Waals surface area contributed by atoms with Crippen LogP contribution >= 0.6 is 12.4 Å². The largest absolute Gasteiger partial charge is 0.493 e. The molecule has 0 unspecified atom stereocenters. The predicted molar refractivity (Wildman–Crippen MR) is 100 cm³/mol. The zero-order valence-corrected chi connectivity index (χ0v) is 15.0. The Morgan fingerprint density at radius 1 is 0.917 bits per heavy atom. The van der Waals surface area contributed by atoms with Crippen molar-refractivity contribution in [1.29, 1.82) is 0 Å². The van der Waals surface area contributed by atoms with Crippen LogP contribution in [0.3, 0.4) is 0 Å². The van der Waals surface area contributed by atoms with Crippen LogP contribution in [0, 0.1) is 0 Å². The fourth-order valence-electron chi connectivity index (χ4n) is 3.05. The summed E-state index contributed by atoms with van der Waals surface area (Å²) in [5.74, 6) is 1.70. The molecule has 0 atom stereocenters. The molecule has 1 aliphatic carbocycles. The number of benzene rings is 2. The van der Waals surface area contributed by atoms with Gasteiger partial charge in [0.1, 0.15) is 0 Å². The van der Waals surface area contributed by atoms with Crippen molar-refractivity contribution in [2.45, 2.75) is 44.9 Å². The molecule has 0 spiro atoms.